The highest BCUT2D eigenvalue weighted by molar-refractivity contribution is 5.89. The predicted molar refractivity (Wildman–Crippen MR) is 60.9 cm³/mol. The molecule has 0 radical (unpaired) electrons. The van der Waals surface area contributed by atoms with Crippen LogP contribution in [0.15, 0.2) is 24.0 Å². The van der Waals surface area contributed by atoms with Gasteiger partial charge in [-0.2, -0.15) is 4.39 Å². The highest BCUT2D eigenvalue weighted by Gasteiger charge is 2.08. The minimum absolute atomic E-state index is 0.397. The van der Waals surface area contributed by atoms with Crippen LogP contribution in [0.2, 0.25) is 0 Å². The zero-order chi connectivity index (χ0) is 12.8. The van der Waals surface area contributed by atoms with Gasteiger partial charge in [0.1, 0.15) is 0 Å². The monoisotopic (exact) mass is 240 g/mol. The number of methoxy groups -OCH3 is 1. The smallest absolute Gasteiger partial charge is 0.364 e. The summed E-state index contributed by atoms with van der Waals surface area (Å²) in [5.74, 6) is -1.86. The molecular weight excluding hydrogens is 227 g/mol. The predicted octanol–water partition coefficient (Wildman–Crippen LogP) is 2.49. The fourth-order valence-electron chi connectivity index (χ4n) is 1.26. The Labute approximate surface area is 98.3 Å². The lowest BCUT2D eigenvalue weighted by molar-refractivity contribution is -0.134. The largest absolute Gasteiger partial charge is 0.493 e. The third-order valence-electron chi connectivity index (χ3n) is 1.99. The lowest BCUT2D eigenvalue weighted by Crippen LogP contribution is -1.97. The molecule has 1 aromatic carbocycles. The number of aliphatic carboxylic acids is 1. The first kappa shape index (κ1) is 13.0. The Bertz CT molecular complexity index is 440. The molecule has 1 aromatic rings. The van der Waals surface area contributed by atoms with E-state index in [0.29, 0.717) is 23.7 Å². The number of hydrogen-bond acceptors (Lipinski definition) is 3. The quantitative estimate of drug-likeness (QED) is 0.803. The Morgan fingerprint density at radius 2 is 2.18 bits per heavy atom. The van der Waals surface area contributed by atoms with Gasteiger partial charge < -0.3 is 14.6 Å². The maximum absolute atomic E-state index is 12.9. The normalized spacial score (nSPS) is 11.1. The molecule has 0 aliphatic heterocycles. The van der Waals surface area contributed by atoms with Crippen LogP contribution in [0, 0.1) is 0 Å². The lowest BCUT2D eigenvalue weighted by Gasteiger charge is -2.09. The van der Waals surface area contributed by atoms with Crippen LogP contribution in [0.3, 0.4) is 0 Å². The molecule has 0 heterocycles. The highest BCUT2D eigenvalue weighted by Crippen LogP contribution is 2.28. The van der Waals surface area contributed by atoms with Crippen molar-refractivity contribution in [3.05, 3.63) is 29.6 Å². The standard InChI is InChI=1S/C12H13FO4/c1-3-17-11-7-8(4-5-10(11)16-2)6-9(13)12(14)15/h4-7H,3H2,1-2H3,(H,14,15). The minimum Gasteiger partial charge on any atom is -0.493 e. The number of carboxylic acid groups (broad SMARTS) is 1. The summed E-state index contributed by atoms with van der Waals surface area (Å²) in [5.41, 5.74) is 0.397. The molecule has 92 valence electrons. The van der Waals surface area contributed by atoms with Crippen molar-refractivity contribution in [1.82, 2.24) is 0 Å². The molecule has 5 heteroatoms. The van der Waals surface area contributed by atoms with Crippen LogP contribution in [-0.2, 0) is 4.79 Å². The van der Waals surface area contributed by atoms with Gasteiger partial charge in [-0.1, -0.05) is 6.07 Å². The molecule has 1 N–H and O–H groups in total. The molecule has 0 unspecified atom stereocenters. The van der Waals surface area contributed by atoms with Crippen LogP contribution in [0.1, 0.15) is 12.5 Å². The SMILES string of the molecule is CCOc1cc(C=C(F)C(=O)O)ccc1OC. The number of rotatable bonds is 5. The van der Waals surface area contributed by atoms with Gasteiger partial charge in [0.05, 0.1) is 13.7 Å². The molecule has 0 bridgehead atoms. The molecule has 1 rings (SSSR count). The molecule has 0 atom stereocenters. The number of benzene rings is 1. The number of carboxylic acids is 1. The topological polar surface area (TPSA) is 55.8 Å². The number of ether oxygens (including phenoxy) is 2. The second-order valence-corrected chi connectivity index (χ2v) is 3.14. The molecule has 0 spiro atoms. The lowest BCUT2D eigenvalue weighted by atomic mass is 10.2. The molecule has 0 fully saturated rings. The van der Waals surface area contributed by atoms with E-state index in [0.717, 1.165) is 6.08 Å². The first-order chi connectivity index (χ1) is 8.08. The average molecular weight is 240 g/mol. The van der Waals surface area contributed by atoms with Gasteiger partial charge in [-0.05, 0) is 30.7 Å². The van der Waals surface area contributed by atoms with E-state index in [9.17, 15) is 9.18 Å². The van der Waals surface area contributed by atoms with E-state index < -0.39 is 11.8 Å². The van der Waals surface area contributed by atoms with E-state index in [2.05, 4.69) is 0 Å². The van der Waals surface area contributed by atoms with Gasteiger partial charge in [0, 0.05) is 0 Å². The fourth-order valence-corrected chi connectivity index (χ4v) is 1.26. The van der Waals surface area contributed by atoms with Gasteiger partial charge in [0.25, 0.3) is 0 Å². The molecule has 4 nitrogen and oxygen atoms in total. The van der Waals surface area contributed by atoms with E-state index in [4.69, 9.17) is 14.6 Å². The number of halogens is 1. The van der Waals surface area contributed by atoms with E-state index in [1.807, 2.05) is 0 Å². The van der Waals surface area contributed by atoms with Gasteiger partial charge in [-0.25, -0.2) is 4.79 Å². The molecule has 0 aliphatic carbocycles. The van der Waals surface area contributed by atoms with Crippen molar-refractivity contribution in [1.29, 1.82) is 0 Å². The van der Waals surface area contributed by atoms with Crippen molar-refractivity contribution >= 4 is 12.0 Å². The minimum atomic E-state index is -1.60. The number of hydrogen-bond donors (Lipinski definition) is 1. The molecule has 0 saturated carbocycles. The molecular formula is C12H13FO4. The summed E-state index contributed by atoms with van der Waals surface area (Å²) >= 11 is 0. The van der Waals surface area contributed by atoms with Crippen LogP contribution >= 0.6 is 0 Å². The first-order valence-electron chi connectivity index (χ1n) is 4.99. The first-order valence-corrected chi connectivity index (χ1v) is 4.99. The van der Waals surface area contributed by atoms with Crippen LogP contribution in [-0.4, -0.2) is 24.8 Å². The van der Waals surface area contributed by atoms with Crippen molar-refractivity contribution in [2.24, 2.45) is 0 Å². The van der Waals surface area contributed by atoms with E-state index in [-0.39, 0.29) is 0 Å². The zero-order valence-corrected chi connectivity index (χ0v) is 9.57. The van der Waals surface area contributed by atoms with Crippen molar-refractivity contribution in [3.63, 3.8) is 0 Å². The summed E-state index contributed by atoms with van der Waals surface area (Å²) in [7, 11) is 1.49. The van der Waals surface area contributed by atoms with E-state index in [1.54, 1.807) is 19.1 Å². The van der Waals surface area contributed by atoms with Crippen molar-refractivity contribution in [2.75, 3.05) is 13.7 Å². The van der Waals surface area contributed by atoms with Crippen LogP contribution in [0.4, 0.5) is 4.39 Å². The summed E-state index contributed by atoms with van der Waals surface area (Å²) in [6, 6.07) is 4.65. The molecule has 0 aliphatic rings. The van der Waals surface area contributed by atoms with Gasteiger partial charge in [-0.3, -0.25) is 0 Å². The number of carbonyl (C=O) groups is 1. The summed E-state index contributed by atoms with van der Waals surface area (Å²) < 4.78 is 23.2. The second kappa shape index (κ2) is 5.89. The summed E-state index contributed by atoms with van der Waals surface area (Å²) in [6.07, 6.45) is 0.921. The fraction of sp³-hybridized carbons (Fsp3) is 0.250. The van der Waals surface area contributed by atoms with Crippen molar-refractivity contribution < 1.29 is 23.8 Å². The molecule has 0 saturated heterocycles. The van der Waals surface area contributed by atoms with Gasteiger partial charge in [0.15, 0.2) is 11.5 Å². The Balaban J connectivity index is 3.07. The highest BCUT2D eigenvalue weighted by atomic mass is 19.1. The molecule has 0 amide bonds. The summed E-state index contributed by atoms with van der Waals surface area (Å²) in [4.78, 5) is 10.3. The van der Waals surface area contributed by atoms with Crippen LogP contribution < -0.4 is 9.47 Å². The maximum Gasteiger partial charge on any atom is 0.364 e. The van der Waals surface area contributed by atoms with Crippen LogP contribution in [0.5, 0.6) is 11.5 Å². The molecule has 17 heavy (non-hydrogen) atoms. The Hall–Kier alpha value is -2.04. The van der Waals surface area contributed by atoms with E-state index >= 15 is 0 Å². The third kappa shape index (κ3) is 3.48. The zero-order valence-electron chi connectivity index (χ0n) is 9.57. The van der Waals surface area contributed by atoms with Crippen molar-refractivity contribution in [3.8, 4) is 11.5 Å². The summed E-state index contributed by atoms with van der Waals surface area (Å²) in [6.45, 7) is 2.24. The summed E-state index contributed by atoms with van der Waals surface area (Å²) in [5, 5.41) is 8.42. The van der Waals surface area contributed by atoms with Gasteiger partial charge in [-0.15, -0.1) is 0 Å². The Morgan fingerprint density at radius 1 is 1.47 bits per heavy atom. The maximum atomic E-state index is 12.9. The van der Waals surface area contributed by atoms with Gasteiger partial charge >= 0.3 is 5.97 Å². The Kier molecular flexibility index (Phi) is 4.51. The van der Waals surface area contributed by atoms with E-state index in [1.165, 1.54) is 13.2 Å². The average Bonchev–Trinajstić information content (AvgIpc) is 2.29. The van der Waals surface area contributed by atoms with Crippen molar-refractivity contribution in [2.45, 2.75) is 6.92 Å². The third-order valence-corrected chi connectivity index (χ3v) is 1.99. The Morgan fingerprint density at radius 3 is 2.71 bits per heavy atom. The van der Waals surface area contributed by atoms with Gasteiger partial charge in [0.2, 0.25) is 5.83 Å². The second-order valence-electron chi connectivity index (χ2n) is 3.14. The molecule has 0 aromatic heterocycles. The van der Waals surface area contributed by atoms with Crippen LogP contribution in [0.25, 0.3) is 6.08 Å².